The number of nitrogen functional groups attached to an aromatic ring is 1. The highest BCUT2D eigenvalue weighted by molar-refractivity contribution is 7.89. The Labute approximate surface area is 277 Å². The number of nitrogens with one attached hydrogen (secondary N) is 2. The summed E-state index contributed by atoms with van der Waals surface area (Å²) in [6.07, 6.45) is -3.78. The summed E-state index contributed by atoms with van der Waals surface area (Å²) in [5.41, 5.74) is 3.64. The molecule has 0 aliphatic carbocycles. The third kappa shape index (κ3) is 9.33. The van der Waals surface area contributed by atoms with E-state index >= 15 is 0 Å². The van der Waals surface area contributed by atoms with Gasteiger partial charge < -0.3 is 20.3 Å². The van der Waals surface area contributed by atoms with Gasteiger partial charge in [0.05, 0.1) is 52.1 Å². The molecule has 0 aliphatic heterocycles. The average Bonchev–Trinajstić information content (AvgIpc) is 3.36. The lowest BCUT2D eigenvalue weighted by Crippen LogP contribution is -2.36. The van der Waals surface area contributed by atoms with Crippen LogP contribution in [0.1, 0.15) is 21.5 Å². The second kappa shape index (κ2) is 15.0. The largest absolute Gasteiger partial charge is 0.481 e. The van der Waals surface area contributed by atoms with Gasteiger partial charge in [0.1, 0.15) is 11.9 Å². The number of nitrogens with two attached hydrogens (primary N) is 1. The molecule has 2 aromatic heterocycles. The molecule has 2 amide bonds. The van der Waals surface area contributed by atoms with Crippen LogP contribution >= 0.6 is 23.2 Å². The minimum absolute atomic E-state index is 0.0320. The van der Waals surface area contributed by atoms with Gasteiger partial charge in [0.25, 0.3) is 0 Å². The molecule has 0 atom stereocenters. The number of hydrogen-bond acceptors (Lipinski definition) is 12. The molecule has 0 saturated heterocycles. The van der Waals surface area contributed by atoms with Crippen LogP contribution in [0.5, 0.6) is 11.8 Å². The lowest BCUT2D eigenvalue weighted by Gasteiger charge is -2.12. The lowest BCUT2D eigenvalue weighted by molar-refractivity contribution is -0.383. The van der Waals surface area contributed by atoms with Crippen molar-refractivity contribution in [2.45, 2.75) is 11.9 Å². The van der Waals surface area contributed by atoms with Crippen molar-refractivity contribution in [2.75, 3.05) is 25.3 Å². The Morgan fingerprint density at radius 2 is 1.65 bits per heavy atom. The number of carboxylic acid groups (broad SMARTS) is 1. The fourth-order valence-corrected chi connectivity index (χ4v) is 5.35. The van der Waals surface area contributed by atoms with Crippen LogP contribution in [-0.4, -0.2) is 64.4 Å². The predicted molar refractivity (Wildman–Crippen MR) is 163 cm³/mol. The monoisotopic (exact) mass is 736 g/mol. The number of carboxylic acids is 1. The van der Waals surface area contributed by atoms with Crippen molar-refractivity contribution in [2.24, 2.45) is 0 Å². The van der Waals surface area contributed by atoms with E-state index in [1.165, 1.54) is 44.6 Å². The molecule has 2 heterocycles. The van der Waals surface area contributed by atoms with Crippen LogP contribution in [0, 0.1) is 10.1 Å². The zero-order valence-electron chi connectivity index (χ0n) is 24.2. The van der Waals surface area contributed by atoms with Crippen LogP contribution in [0.2, 0.25) is 10.0 Å². The minimum Gasteiger partial charge on any atom is -0.481 e. The van der Waals surface area contributed by atoms with Gasteiger partial charge in [-0.3, -0.25) is 15.4 Å². The van der Waals surface area contributed by atoms with E-state index in [-0.39, 0.29) is 44.6 Å². The van der Waals surface area contributed by atoms with Crippen LogP contribution in [0.25, 0.3) is 5.69 Å². The highest BCUT2D eigenvalue weighted by Crippen LogP contribution is 2.39. The topological polar surface area (TPSA) is 244 Å². The van der Waals surface area contributed by atoms with E-state index in [1.807, 2.05) is 0 Å². The van der Waals surface area contributed by atoms with Gasteiger partial charge >= 0.3 is 23.9 Å². The molecule has 0 spiro atoms. The molecular formula is C25H21Cl2F3N8O9S. The Morgan fingerprint density at radius 1 is 1.08 bits per heavy atom. The molecule has 4 aromatic rings. The second-order valence-corrected chi connectivity index (χ2v) is 11.5. The Kier molecular flexibility index (Phi) is 11.6. The summed E-state index contributed by atoms with van der Waals surface area (Å²) in [4.78, 5) is 40.7. The van der Waals surface area contributed by atoms with Gasteiger partial charge in [-0.05, 0) is 23.8 Å². The molecule has 256 valence electrons. The summed E-state index contributed by atoms with van der Waals surface area (Å²) in [5.74, 6) is -2.44. The molecule has 4 rings (SSSR count). The maximum atomic E-state index is 12.6. The van der Waals surface area contributed by atoms with Crippen molar-refractivity contribution in [3.05, 3.63) is 85.5 Å². The number of benzene rings is 2. The normalized spacial score (nSPS) is 11.1. The zero-order chi connectivity index (χ0) is 36.0. The van der Waals surface area contributed by atoms with Gasteiger partial charge in [-0.25, -0.2) is 27.4 Å². The maximum Gasteiger partial charge on any atom is 0.416 e. The molecular weight excluding hydrogens is 716 g/mol. The van der Waals surface area contributed by atoms with Crippen LogP contribution in [0.15, 0.2) is 48.7 Å². The van der Waals surface area contributed by atoms with Gasteiger partial charge in [0.2, 0.25) is 33.5 Å². The SMILES string of the molecule is COc1cc(OC)nc(NC(=O)NS(=O)(=O)Cc2ccccc2C(=O)O)n1.Nc1c([N+](=O)[O-])cnn1-c1c(Cl)cc(C(F)(F)F)cc1Cl. The van der Waals surface area contributed by atoms with Crippen LogP contribution in [0.4, 0.5) is 35.4 Å². The number of anilines is 2. The van der Waals surface area contributed by atoms with E-state index in [9.17, 15) is 41.3 Å². The number of methoxy groups -OCH3 is 2. The summed E-state index contributed by atoms with van der Waals surface area (Å²) in [6, 6.07) is 7.08. The third-order valence-electron chi connectivity index (χ3n) is 5.70. The molecule has 17 nitrogen and oxygen atoms in total. The number of amides is 2. The fraction of sp³-hybridized carbons (Fsp3) is 0.160. The van der Waals surface area contributed by atoms with Gasteiger partial charge in [-0.15, -0.1) is 0 Å². The van der Waals surface area contributed by atoms with E-state index in [4.69, 9.17) is 43.5 Å². The van der Waals surface area contributed by atoms with E-state index in [0.29, 0.717) is 12.1 Å². The van der Waals surface area contributed by atoms with E-state index in [0.717, 1.165) is 10.9 Å². The number of rotatable bonds is 9. The molecule has 0 aliphatic rings. The number of sulfonamides is 1. The number of aromatic nitrogens is 4. The van der Waals surface area contributed by atoms with Crippen molar-refractivity contribution >= 4 is 62.7 Å². The molecule has 23 heteroatoms. The van der Waals surface area contributed by atoms with Crippen molar-refractivity contribution < 1.29 is 50.7 Å². The van der Waals surface area contributed by atoms with Gasteiger partial charge in [0, 0.05) is 0 Å². The molecule has 0 saturated carbocycles. The Bertz CT molecular complexity index is 1930. The highest BCUT2D eigenvalue weighted by atomic mass is 35.5. The van der Waals surface area contributed by atoms with E-state index < -0.39 is 55.9 Å². The van der Waals surface area contributed by atoms with E-state index in [2.05, 4.69) is 20.4 Å². The van der Waals surface area contributed by atoms with Crippen LogP contribution < -0.4 is 25.2 Å². The Morgan fingerprint density at radius 3 is 2.12 bits per heavy atom. The number of aromatic carboxylic acids is 1. The highest BCUT2D eigenvalue weighted by Gasteiger charge is 2.33. The summed E-state index contributed by atoms with van der Waals surface area (Å²) in [6.45, 7) is 0. The predicted octanol–water partition coefficient (Wildman–Crippen LogP) is 4.53. The first-order chi connectivity index (χ1) is 22.4. The average molecular weight is 737 g/mol. The molecule has 0 radical (unpaired) electrons. The second-order valence-electron chi connectivity index (χ2n) is 8.92. The number of carbonyl (C=O) groups excluding carboxylic acids is 1. The summed E-state index contributed by atoms with van der Waals surface area (Å²) >= 11 is 11.5. The fourth-order valence-electron chi connectivity index (χ4n) is 3.63. The van der Waals surface area contributed by atoms with Gasteiger partial charge in [0.15, 0.2) is 0 Å². The smallest absolute Gasteiger partial charge is 0.416 e. The van der Waals surface area contributed by atoms with E-state index in [1.54, 1.807) is 4.72 Å². The summed E-state index contributed by atoms with van der Waals surface area (Å²) in [7, 11) is -1.50. The van der Waals surface area contributed by atoms with Crippen molar-refractivity contribution in [3.8, 4) is 17.4 Å². The first-order valence-electron chi connectivity index (χ1n) is 12.5. The first-order valence-corrected chi connectivity index (χ1v) is 14.9. The molecule has 0 fully saturated rings. The Balaban J connectivity index is 0.000000269. The quantitative estimate of drug-likeness (QED) is 0.136. The van der Waals surface area contributed by atoms with Crippen molar-refractivity contribution in [3.63, 3.8) is 0 Å². The minimum atomic E-state index is -4.63. The lowest BCUT2D eigenvalue weighted by atomic mass is 10.1. The Hall–Kier alpha value is -5.41. The van der Waals surface area contributed by atoms with Gasteiger partial charge in [-0.2, -0.15) is 28.2 Å². The van der Waals surface area contributed by atoms with Crippen molar-refractivity contribution in [1.29, 1.82) is 0 Å². The molecule has 0 unspecified atom stereocenters. The number of hydrogen-bond donors (Lipinski definition) is 4. The number of carbonyl (C=O) groups is 2. The molecule has 0 bridgehead atoms. The van der Waals surface area contributed by atoms with Crippen LogP contribution in [-0.2, 0) is 22.0 Å². The van der Waals surface area contributed by atoms with Crippen LogP contribution in [0.3, 0.4) is 0 Å². The first kappa shape index (κ1) is 37.1. The number of halogens is 5. The number of alkyl halides is 3. The number of urea groups is 1. The van der Waals surface area contributed by atoms with Gasteiger partial charge in [-0.1, -0.05) is 41.4 Å². The number of ether oxygens (including phenoxy) is 2. The number of nitro groups is 1. The molecule has 5 N–H and O–H groups in total. The molecule has 48 heavy (non-hydrogen) atoms. The number of nitrogens with zero attached hydrogens (tertiary/aromatic N) is 5. The zero-order valence-corrected chi connectivity index (χ0v) is 26.5. The molecule has 2 aromatic carbocycles. The third-order valence-corrected chi connectivity index (χ3v) is 7.47. The summed E-state index contributed by atoms with van der Waals surface area (Å²) in [5, 5.41) is 24.8. The standard InChI is InChI=1S/C15H16N4O7S.C10H5Cl2F3N4O2/c1-25-11-7-12(26-2)17-14(16-11)18-15(22)19-27(23,24)8-9-5-3-4-6-10(9)13(20)21;11-5-1-4(10(13,14)15)2-6(12)8(5)18-9(16)7(3-17-18)19(20)21/h3-7H,8H2,1-2H3,(H,20,21)(H2,16,17,18,19,22);1-3H,16H2. The maximum absolute atomic E-state index is 12.6. The summed E-state index contributed by atoms with van der Waals surface area (Å²) < 4.78 is 74.6. The van der Waals surface area contributed by atoms with Crippen molar-refractivity contribution in [1.82, 2.24) is 24.5 Å².